The van der Waals surface area contributed by atoms with Crippen LogP contribution in [0.15, 0.2) is 48.6 Å². The van der Waals surface area contributed by atoms with Gasteiger partial charge < -0.3 is 14.7 Å². The minimum Gasteiger partial charge on any atom is -0.478 e. The van der Waals surface area contributed by atoms with Crippen LogP contribution in [0.3, 0.4) is 0 Å². The summed E-state index contributed by atoms with van der Waals surface area (Å²) in [5.41, 5.74) is 2.74. The van der Waals surface area contributed by atoms with Gasteiger partial charge in [-0.1, -0.05) is 43.1 Å². The van der Waals surface area contributed by atoms with Crippen molar-refractivity contribution in [3.05, 3.63) is 76.4 Å². The van der Waals surface area contributed by atoms with Crippen LogP contribution in [0.25, 0.3) is 6.08 Å². The van der Waals surface area contributed by atoms with E-state index in [1.807, 2.05) is 28.8 Å². The molecule has 6 nitrogen and oxygen atoms in total. The molecule has 0 saturated heterocycles. The van der Waals surface area contributed by atoms with Gasteiger partial charge in [0.2, 0.25) is 0 Å². The summed E-state index contributed by atoms with van der Waals surface area (Å²) >= 11 is 6.35. The molecular weight excluding hydrogens is 376 g/mol. The van der Waals surface area contributed by atoms with Crippen LogP contribution in [0.2, 0.25) is 5.02 Å². The first-order valence-corrected chi connectivity index (χ1v) is 9.65. The molecule has 1 aromatic carbocycles. The highest BCUT2D eigenvalue weighted by Crippen LogP contribution is 2.21. The maximum atomic E-state index is 11.8. The molecule has 2 aromatic heterocycles. The SMILES string of the molecule is CCCCc1ncc(/C=C(\Cc2cnc[nH]2)C(=O)O)n1Cc1ccccc1Cl. The number of hydrogen-bond donors (Lipinski definition) is 2. The Hall–Kier alpha value is -2.86. The number of rotatable bonds is 9. The van der Waals surface area contributed by atoms with E-state index < -0.39 is 5.97 Å². The van der Waals surface area contributed by atoms with Crippen LogP contribution in [0.4, 0.5) is 0 Å². The molecule has 3 rings (SSSR count). The van der Waals surface area contributed by atoms with E-state index in [4.69, 9.17) is 11.6 Å². The summed E-state index contributed by atoms with van der Waals surface area (Å²) in [6, 6.07) is 7.67. The highest BCUT2D eigenvalue weighted by atomic mass is 35.5. The van der Waals surface area contributed by atoms with Crippen molar-refractivity contribution in [1.29, 1.82) is 0 Å². The number of carbonyl (C=O) groups is 1. The second-order valence-electron chi connectivity index (χ2n) is 6.61. The monoisotopic (exact) mass is 398 g/mol. The van der Waals surface area contributed by atoms with Gasteiger partial charge in [0.25, 0.3) is 0 Å². The summed E-state index contributed by atoms with van der Waals surface area (Å²) in [4.78, 5) is 23.2. The standard InChI is InChI=1S/C21H23ClN4O2/c1-2-3-8-20-24-12-18(26(20)13-15-6-4-5-7-19(15)22)10-16(21(27)28)9-17-11-23-14-25-17/h4-7,10-12,14H,2-3,8-9,13H2,1H3,(H,23,25)(H,27,28)/b16-10+. The summed E-state index contributed by atoms with van der Waals surface area (Å²) in [7, 11) is 0. The second kappa shape index (κ2) is 9.37. The molecule has 0 amide bonds. The Morgan fingerprint density at radius 1 is 1.32 bits per heavy atom. The molecular formula is C21H23ClN4O2. The zero-order chi connectivity index (χ0) is 19.9. The number of hydrogen-bond acceptors (Lipinski definition) is 3. The number of unbranched alkanes of at least 4 members (excludes halogenated alkanes) is 1. The minimum absolute atomic E-state index is 0.261. The van der Waals surface area contributed by atoms with Crippen molar-refractivity contribution in [3.63, 3.8) is 0 Å². The molecule has 0 aliphatic heterocycles. The van der Waals surface area contributed by atoms with E-state index in [-0.39, 0.29) is 12.0 Å². The van der Waals surface area contributed by atoms with E-state index in [0.29, 0.717) is 11.6 Å². The van der Waals surface area contributed by atoms with Gasteiger partial charge in [-0.3, -0.25) is 0 Å². The van der Waals surface area contributed by atoms with Crippen molar-refractivity contribution in [2.75, 3.05) is 0 Å². The Labute approximate surface area is 168 Å². The molecule has 2 heterocycles. The Balaban J connectivity index is 1.97. The number of halogens is 1. The first-order valence-electron chi connectivity index (χ1n) is 9.27. The van der Waals surface area contributed by atoms with Gasteiger partial charge in [-0.05, 0) is 24.1 Å². The van der Waals surface area contributed by atoms with Gasteiger partial charge in [-0.25, -0.2) is 14.8 Å². The van der Waals surface area contributed by atoms with Crippen LogP contribution in [0, 0.1) is 0 Å². The minimum atomic E-state index is -0.963. The lowest BCUT2D eigenvalue weighted by molar-refractivity contribution is -0.132. The number of aromatic amines is 1. The van der Waals surface area contributed by atoms with Gasteiger partial charge in [-0.2, -0.15) is 0 Å². The number of carboxylic acids is 1. The molecule has 0 radical (unpaired) electrons. The fraction of sp³-hybridized carbons (Fsp3) is 0.286. The van der Waals surface area contributed by atoms with Crippen molar-refractivity contribution >= 4 is 23.6 Å². The van der Waals surface area contributed by atoms with E-state index in [0.717, 1.165) is 42.0 Å². The summed E-state index contributed by atoms with van der Waals surface area (Å²) < 4.78 is 2.05. The molecule has 0 saturated carbocycles. The summed E-state index contributed by atoms with van der Waals surface area (Å²) in [5.74, 6) is -0.0329. The van der Waals surface area contributed by atoms with Crippen LogP contribution >= 0.6 is 11.6 Å². The number of carboxylic acid groups (broad SMARTS) is 1. The molecule has 0 spiro atoms. The molecule has 0 aliphatic rings. The third-order valence-electron chi connectivity index (χ3n) is 4.54. The molecule has 3 aromatic rings. The van der Waals surface area contributed by atoms with Crippen molar-refractivity contribution in [2.45, 2.75) is 39.2 Å². The highest BCUT2D eigenvalue weighted by molar-refractivity contribution is 6.31. The van der Waals surface area contributed by atoms with Gasteiger partial charge in [-0.15, -0.1) is 0 Å². The topological polar surface area (TPSA) is 83.8 Å². The van der Waals surface area contributed by atoms with Gasteiger partial charge in [0.15, 0.2) is 0 Å². The maximum absolute atomic E-state index is 11.8. The van der Waals surface area contributed by atoms with Gasteiger partial charge in [0.05, 0.1) is 24.8 Å². The zero-order valence-electron chi connectivity index (χ0n) is 15.7. The molecule has 0 atom stereocenters. The third-order valence-corrected chi connectivity index (χ3v) is 4.91. The molecule has 0 fully saturated rings. The Bertz CT molecular complexity index is 961. The average Bonchev–Trinajstić information content (AvgIpc) is 3.32. The Morgan fingerprint density at radius 3 is 2.82 bits per heavy atom. The number of aromatic nitrogens is 4. The zero-order valence-corrected chi connectivity index (χ0v) is 16.5. The normalized spacial score (nSPS) is 11.7. The fourth-order valence-corrected chi connectivity index (χ4v) is 3.21. The fourth-order valence-electron chi connectivity index (χ4n) is 3.01. The third kappa shape index (κ3) is 4.89. The average molecular weight is 399 g/mol. The maximum Gasteiger partial charge on any atom is 0.332 e. The van der Waals surface area contributed by atoms with Crippen molar-refractivity contribution in [1.82, 2.24) is 19.5 Å². The predicted molar refractivity (Wildman–Crippen MR) is 109 cm³/mol. The largest absolute Gasteiger partial charge is 0.478 e. The van der Waals surface area contributed by atoms with Gasteiger partial charge >= 0.3 is 5.97 Å². The van der Waals surface area contributed by atoms with E-state index in [9.17, 15) is 9.90 Å². The number of nitrogens with one attached hydrogen (secondary N) is 1. The van der Waals surface area contributed by atoms with Crippen LogP contribution < -0.4 is 0 Å². The number of aliphatic carboxylic acids is 1. The molecule has 2 N–H and O–H groups in total. The predicted octanol–water partition coefficient (Wildman–Crippen LogP) is 4.36. The van der Waals surface area contributed by atoms with Crippen LogP contribution in [0.1, 0.15) is 42.5 Å². The van der Waals surface area contributed by atoms with Crippen molar-refractivity contribution in [2.24, 2.45) is 0 Å². The molecule has 7 heteroatoms. The molecule has 0 unspecified atom stereocenters. The number of H-pyrrole nitrogens is 1. The number of imidazole rings is 2. The lowest BCUT2D eigenvalue weighted by Gasteiger charge is -2.12. The second-order valence-corrected chi connectivity index (χ2v) is 7.02. The summed E-state index contributed by atoms with van der Waals surface area (Å²) in [6.07, 6.45) is 9.76. The van der Waals surface area contributed by atoms with E-state index >= 15 is 0 Å². The quantitative estimate of drug-likeness (QED) is 0.524. The summed E-state index contributed by atoms with van der Waals surface area (Å²) in [5, 5.41) is 10.3. The van der Waals surface area contributed by atoms with E-state index in [1.165, 1.54) is 0 Å². The molecule has 0 aliphatic carbocycles. The smallest absolute Gasteiger partial charge is 0.332 e. The molecule has 146 valence electrons. The van der Waals surface area contributed by atoms with Crippen LogP contribution in [-0.2, 0) is 24.2 Å². The Morgan fingerprint density at radius 2 is 2.14 bits per heavy atom. The van der Waals surface area contributed by atoms with Crippen molar-refractivity contribution in [3.8, 4) is 0 Å². The molecule has 28 heavy (non-hydrogen) atoms. The molecule has 0 bridgehead atoms. The van der Waals surface area contributed by atoms with Crippen LogP contribution in [-0.4, -0.2) is 30.6 Å². The lowest BCUT2D eigenvalue weighted by atomic mass is 10.1. The first kappa shape index (κ1) is 19.9. The first-order chi connectivity index (χ1) is 13.6. The van der Waals surface area contributed by atoms with E-state index in [1.54, 1.807) is 24.8 Å². The lowest BCUT2D eigenvalue weighted by Crippen LogP contribution is -2.09. The number of benzene rings is 1. The number of aryl methyl sites for hydroxylation is 1. The van der Waals surface area contributed by atoms with Gasteiger partial charge in [0.1, 0.15) is 5.82 Å². The van der Waals surface area contributed by atoms with Crippen LogP contribution in [0.5, 0.6) is 0 Å². The Kier molecular flexibility index (Phi) is 6.66. The highest BCUT2D eigenvalue weighted by Gasteiger charge is 2.15. The number of nitrogens with zero attached hydrogens (tertiary/aromatic N) is 3. The summed E-state index contributed by atoms with van der Waals surface area (Å²) in [6.45, 7) is 2.68. The van der Waals surface area contributed by atoms with Gasteiger partial charge in [0, 0.05) is 35.3 Å². The van der Waals surface area contributed by atoms with Crippen molar-refractivity contribution < 1.29 is 9.90 Å². The van der Waals surface area contributed by atoms with E-state index in [2.05, 4.69) is 21.9 Å².